The number of benzene rings is 6. The fraction of sp³-hybridized carbons (Fsp3) is 0.296. The van der Waals surface area contributed by atoms with Crippen LogP contribution in [-0.2, 0) is 0 Å². The van der Waals surface area contributed by atoms with Gasteiger partial charge in [-0.15, -0.1) is 43.1 Å². The highest BCUT2D eigenvalue weighted by Crippen LogP contribution is 2.50. The summed E-state index contributed by atoms with van der Waals surface area (Å²) >= 11 is 3.65. The molecule has 0 aliphatic carbocycles. The molecule has 0 amide bonds. The predicted octanol–water partition coefficient (Wildman–Crippen LogP) is 15.3. The first-order valence-corrected chi connectivity index (χ1v) is 24.7. The molecule has 4 aromatic heterocycles. The van der Waals surface area contributed by atoms with Crippen LogP contribution in [0.5, 0.6) is 11.5 Å². The minimum absolute atomic E-state index is 0.485. The van der Waals surface area contributed by atoms with Gasteiger partial charge in [0.15, 0.2) is 11.5 Å². The van der Waals surface area contributed by atoms with Crippen molar-refractivity contribution in [2.75, 3.05) is 13.2 Å². The molecule has 0 N–H and O–H groups in total. The summed E-state index contributed by atoms with van der Waals surface area (Å²) in [5.41, 5.74) is 7.47. The second-order valence-electron chi connectivity index (χ2n) is 17.0. The van der Waals surface area contributed by atoms with Crippen LogP contribution in [0.15, 0.2) is 121 Å². The van der Waals surface area contributed by atoms with E-state index in [0.717, 1.165) is 102 Å². The van der Waals surface area contributed by atoms with Crippen LogP contribution in [0.1, 0.15) is 79.1 Å². The van der Waals surface area contributed by atoms with Gasteiger partial charge in [-0.25, -0.2) is 0 Å². The summed E-state index contributed by atoms with van der Waals surface area (Å²) in [6.07, 6.45) is 9.27. The molecular formula is C54H54N6O2S2. The molecule has 4 heterocycles. The van der Waals surface area contributed by atoms with Gasteiger partial charge in [-0.05, 0) is 96.1 Å². The van der Waals surface area contributed by atoms with E-state index >= 15 is 0 Å². The Bertz CT molecular complexity index is 2990. The van der Waals surface area contributed by atoms with Crippen molar-refractivity contribution in [3.05, 3.63) is 121 Å². The molecule has 8 nitrogen and oxygen atoms in total. The van der Waals surface area contributed by atoms with Crippen LogP contribution in [0.3, 0.4) is 0 Å². The van der Waals surface area contributed by atoms with Gasteiger partial charge in [-0.1, -0.05) is 127 Å². The predicted molar refractivity (Wildman–Crippen MR) is 268 cm³/mol. The molecule has 10 rings (SSSR count). The minimum atomic E-state index is 0.485. The SMILES string of the molecule is CCCCC(CC)COc1cc2c(cc1OCC(CC)CCCC)c1cc(-c3cccc4nn(-c5ccccc5)nc34)sc1c1sc(-c3cccc4nn(-c5ccccc5)nc34)cc21. The zero-order valence-electron chi connectivity index (χ0n) is 37.1. The van der Waals surface area contributed by atoms with Gasteiger partial charge < -0.3 is 9.47 Å². The smallest absolute Gasteiger partial charge is 0.161 e. The van der Waals surface area contributed by atoms with Crippen LogP contribution in [0, 0.1) is 11.8 Å². The Morgan fingerprint density at radius 3 is 1.33 bits per heavy atom. The highest BCUT2D eigenvalue weighted by atomic mass is 32.1. The third-order valence-corrected chi connectivity index (χ3v) is 15.2. The van der Waals surface area contributed by atoms with Gasteiger partial charge >= 0.3 is 0 Å². The van der Waals surface area contributed by atoms with E-state index in [9.17, 15) is 0 Å². The molecule has 10 aromatic rings. The second-order valence-corrected chi connectivity index (χ2v) is 19.1. The number of nitrogens with zero attached hydrogens (tertiary/aromatic N) is 6. The van der Waals surface area contributed by atoms with Crippen molar-refractivity contribution < 1.29 is 9.47 Å². The van der Waals surface area contributed by atoms with Crippen molar-refractivity contribution in [1.29, 1.82) is 0 Å². The van der Waals surface area contributed by atoms with E-state index < -0.39 is 0 Å². The van der Waals surface area contributed by atoms with Crippen molar-refractivity contribution in [3.8, 4) is 43.8 Å². The van der Waals surface area contributed by atoms with Crippen LogP contribution in [0.25, 0.3) is 85.3 Å². The lowest BCUT2D eigenvalue weighted by Crippen LogP contribution is -2.14. The van der Waals surface area contributed by atoms with Crippen LogP contribution < -0.4 is 9.47 Å². The maximum absolute atomic E-state index is 6.90. The molecule has 2 atom stereocenters. The van der Waals surface area contributed by atoms with Crippen LogP contribution >= 0.6 is 22.7 Å². The molecule has 64 heavy (non-hydrogen) atoms. The minimum Gasteiger partial charge on any atom is -0.489 e. The number of para-hydroxylation sites is 2. The molecule has 2 unspecified atom stereocenters. The van der Waals surface area contributed by atoms with Crippen molar-refractivity contribution in [2.24, 2.45) is 11.8 Å². The Morgan fingerprint density at radius 2 is 0.922 bits per heavy atom. The number of hydrogen-bond donors (Lipinski definition) is 0. The first-order chi connectivity index (χ1) is 31.5. The number of ether oxygens (including phenoxy) is 2. The summed E-state index contributed by atoms with van der Waals surface area (Å²) in [5, 5.41) is 24.7. The van der Waals surface area contributed by atoms with E-state index in [1.807, 2.05) is 95.5 Å². The van der Waals surface area contributed by atoms with E-state index in [4.69, 9.17) is 29.9 Å². The number of rotatable bonds is 18. The van der Waals surface area contributed by atoms with E-state index in [0.29, 0.717) is 25.0 Å². The van der Waals surface area contributed by atoms with Gasteiger partial charge in [0.05, 0.1) is 34.0 Å². The monoisotopic (exact) mass is 882 g/mol. The van der Waals surface area contributed by atoms with Gasteiger partial charge in [0.1, 0.15) is 22.1 Å². The van der Waals surface area contributed by atoms with Crippen molar-refractivity contribution in [2.45, 2.75) is 79.1 Å². The molecule has 0 saturated carbocycles. The number of aromatic nitrogens is 6. The lowest BCUT2D eigenvalue weighted by molar-refractivity contribution is 0.199. The van der Waals surface area contributed by atoms with Gasteiger partial charge in [-0.3, -0.25) is 0 Å². The molecule has 0 radical (unpaired) electrons. The largest absolute Gasteiger partial charge is 0.489 e. The van der Waals surface area contributed by atoms with Gasteiger partial charge in [0.25, 0.3) is 0 Å². The molecule has 0 spiro atoms. The Morgan fingerprint density at radius 1 is 0.484 bits per heavy atom. The summed E-state index contributed by atoms with van der Waals surface area (Å²) in [6, 6.07) is 42.2. The number of hydrogen-bond acceptors (Lipinski definition) is 8. The number of fused-ring (bicyclic) bond motifs is 8. The fourth-order valence-corrected chi connectivity index (χ4v) is 11.4. The Hall–Kier alpha value is -6.10. The van der Waals surface area contributed by atoms with Gasteiger partial charge in [-0.2, -0.15) is 9.59 Å². The summed E-state index contributed by atoms with van der Waals surface area (Å²) in [5.74, 6) is 2.62. The summed E-state index contributed by atoms with van der Waals surface area (Å²) in [7, 11) is 0. The summed E-state index contributed by atoms with van der Waals surface area (Å²) in [4.78, 5) is 5.78. The number of thiophene rings is 2. The third-order valence-electron chi connectivity index (χ3n) is 12.7. The summed E-state index contributed by atoms with van der Waals surface area (Å²) < 4.78 is 16.3. The topological polar surface area (TPSA) is 79.9 Å². The van der Waals surface area contributed by atoms with Crippen molar-refractivity contribution in [1.82, 2.24) is 30.0 Å². The van der Waals surface area contributed by atoms with Gasteiger partial charge in [0, 0.05) is 31.7 Å². The molecular weight excluding hydrogens is 829 g/mol. The average molecular weight is 883 g/mol. The molecule has 0 aliphatic rings. The molecule has 0 saturated heterocycles. The van der Waals surface area contributed by atoms with E-state index in [2.05, 4.69) is 76.2 Å². The van der Waals surface area contributed by atoms with Gasteiger partial charge in [0.2, 0.25) is 0 Å². The van der Waals surface area contributed by atoms with E-state index in [-0.39, 0.29) is 0 Å². The lowest BCUT2D eigenvalue weighted by atomic mass is 9.99. The highest BCUT2D eigenvalue weighted by Gasteiger charge is 2.23. The molecule has 6 aromatic carbocycles. The fourth-order valence-electron chi connectivity index (χ4n) is 8.85. The quantitative estimate of drug-likeness (QED) is 0.0854. The summed E-state index contributed by atoms with van der Waals surface area (Å²) in [6.45, 7) is 10.4. The van der Waals surface area contributed by atoms with Crippen molar-refractivity contribution >= 4 is 75.7 Å². The normalized spacial score (nSPS) is 12.9. The molecule has 0 fully saturated rings. The maximum atomic E-state index is 6.90. The zero-order chi connectivity index (χ0) is 43.6. The third kappa shape index (κ3) is 8.14. The second kappa shape index (κ2) is 18.6. The molecule has 324 valence electrons. The van der Waals surface area contributed by atoms with E-state index in [1.54, 1.807) is 9.59 Å². The van der Waals surface area contributed by atoms with E-state index in [1.165, 1.54) is 45.9 Å². The molecule has 0 bridgehead atoms. The maximum Gasteiger partial charge on any atom is 0.161 e. The zero-order valence-corrected chi connectivity index (χ0v) is 38.7. The standard InChI is InChI=1S/C54H54N6O2S2/c1-5-9-19-35(7-3)33-61-47-29-41-42(30-48(47)62-34-36(8-4)20-10-6-2)44-32-50(40-26-18-28-46-52(40)58-60(56-46)38-23-15-12-16-24-38)64-54(44)53-43(41)31-49(63-53)39-25-17-27-45-51(39)57-59(55-45)37-21-13-11-14-22-37/h11-18,21-32,35-36H,5-10,19-20,33-34H2,1-4H3. The van der Waals surface area contributed by atoms with Crippen LogP contribution in [-0.4, -0.2) is 43.2 Å². The first kappa shape index (κ1) is 41.9. The number of unbranched alkanes of at least 4 members (excludes halogenated alkanes) is 2. The van der Waals surface area contributed by atoms with Crippen molar-refractivity contribution in [3.63, 3.8) is 0 Å². The Labute approximate surface area is 382 Å². The average Bonchev–Trinajstić information content (AvgIpc) is 4.17. The first-order valence-electron chi connectivity index (χ1n) is 23.1. The van der Waals surface area contributed by atoms with Crippen LogP contribution in [0.4, 0.5) is 0 Å². The lowest BCUT2D eigenvalue weighted by Gasteiger charge is -2.21. The molecule has 10 heteroatoms. The molecule has 0 aliphatic heterocycles. The van der Waals surface area contributed by atoms with Crippen LogP contribution in [0.2, 0.25) is 0 Å². The Kier molecular flexibility index (Phi) is 12.1. The highest BCUT2D eigenvalue weighted by molar-refractivity contribution is 7.30. The Balaban J connectivity index is 1.18.